The van der Waals surface area contributed by atoms with Crippen LogP contribution < -0.4 is 16.7 Å². The molecular formula is C21H19ClN4O4. The van der Waals surface area contributed by atoms with Gasteiger partial charge in [-0.25, -0.2) is 10.2 Å². The van der Waals surface area contributed by atoms with Crippen molar-refractivity contribution in [2.75, 3.05) is 0 Å². The zero-order valence-corrected chi connectivity index (χ0v) is 16.8. The summed E-state index contributed by atoms with van der Waals surface area (Å²) in [4.78, 5) is 39.2. The van der Waals surface area contributed by atoms with Gasteiger partial charge in [-0.15, -0.1) is 0 Å². The van der Waals surface area contributed by atoms with E-state index in [4.69, 9.17) is 11.6 Å². The molecule has 9 heteroatoms. The van der Waals surface area contributed by atoms with Gasteiger partial charge in [-0.05, 0) is 24.1 Å². The number of hydrazone groups is 1. The van der Waals surface area contributed by atoms with Gasteiger partial charge in [0, 0.05) is 0 Å². The quantitative estimate of drug-likeness (QED) is 0.414. The minimum absolute atomic E-state index is 0.0538. The van der Waals surface area contributed by atoms with Gasteiger partial charge in [-0.2, -0.15) is 5.10 Å². The van der Waals surface area contributed by atoms with Crippen molar-refractivity contribution < 1.29 is 9.90 Å². The molecule has 0 fully saturated rings. The highest BCUT2D eigenvalue weighted by atomic mass is 35.5. The topological polar surface area (TPSA) is 117 Å². The van der Waals surface area contributed by atoms with Gasteiger partial charge in [0.05, 0.1) is 22.8 Å². The van der Waals surface area contributed by atoms with Crippen molar-refractivity contribution in [2.45, 2.75) is 19.9 Å². The van der Waals surface area contributed by atoms with Crippen LogP contribution in [0.25, 0.3) is 0 Å². The number of carbonyl (C=O) groups is 1. The number of nitrogens with one attached hydrogen (secondary N) is 2. The van der Waals surface area contributed by atoms with E-state index in [1.165, 1.54) is 6.07 Å². The number of aromatic amines is 1. The average molecular weight is 427 g/mol. The Bertz CT molecular complexity index is 1220. The molecule has 154 valence electrons. The first-order valence-electron chi connectivity index (χ1n) is 9.14. The predicted octanol–water partition coefficient (Wildman–Crippen LogP) is 2.49. The van der Waals surface area contributed by atoms with Crippen molar-refractivity contribution in [3.63, 3.8) is 0 Å². The largest absolute Gasteiger partial charge is 0.494 e. The van der Waals surface area contributed by atoms with Crippen LogP contribution >= 0.6 is 11.6 Å². The van der Waals surface area contributed by atoms with E-state index in [1.807, 2.05) is 6.07 Å². The fraction of sp³-hybridized carbons (Fsp3) is 0.143. The molecule has 0 aliphatic rings. The maximum Gasteiger partial charge on any atom is 0.331 e. The molecule has 0 bridgehead atoms. The lowest BCUT2D eigenvalue weighted by molar-refractivity contribution is 0.0955. The van der Waals surface area contributed by atoms with Gasteiger partial charge in [-0.3, -0.25) is 19.1 Å². The number of H-pyrrole nitrogens is 1. The second kappa shape index (κ2) is 9.23. The molecule has 0 saturated carbocycles. The predicted molar refractivity (Wildman–Crippen MR) is 114 cm³/mol. The number of hydrogen-bond donors (Lipinski definition) is 3. The molecule has 3 N–H and O–H groups in total. The molecule has 3 rings (SSSR count). The summed E-state index contributed by atoms with van der Waals surface area (Å²) in [6, 6.07) is 15.4. The molecule has 1 heterocycles. The van der Waals surface area contributed by atoms with Crippen LogP contribution in [0.15, 0.2) is 69.3 Å². The van der Waals surface area contributed by atoms with Gasteiger partial charge < -0.3 is 5.11 Å². The van der Waals surface area contributed by atoms with Crippen LogP contribution in [0.5, 0.6) is 5.88 Å². The van der Waals surface area contributed by atoms with E-state index in [0.29, 0.717) is 0 Å². The number of benzene rings is 2. The van der Waals surface area contributed by atoms with Gasteiger partial charge >= 0.3 is 5.69 Å². The normalized spacial score (nSPS) is 11.3. The zero-order chi connectivity index (χ0) is 21.7. The molecule has 1 amide bonds. The molecule has 8 nitrogen and oxygen atoms in total. The third kappa shape index (κ3) is 4.49. The van der Waals surface area contributed by atoms with E-state index >= 15 is 0 Å². The van der Waals surface area contributed by atoms with E-state index < -0.39 is 23.0 Å². The van der Waals surface area contributed by atoms with Crippen LogP contribution in [0, 0.1) is 0 Å². The average Bonchev–Trinajstić information content (AvgIpc) is 2.74. The Morgan fingerprint density at radius 3 is 2.47 bits per heavy atom. The smallest absolute Gasteiger partial charge is 0.331 e. The van der Waals surface area contributed by atoms with E-state index in [0.717, 1.165) is 10.1 Å². The number of halogens is 1. The number of rotatable bonds is 6. The van der Waals surface area contributed by atoms with Gasteiger partial charge in [-0.1, -0.05) is 61.0 Å². The van der Waals surface area contributed by atoms with Gasteiger partial charge in [0.2, 0.25) is 5.88 Å². The maximum atomic E-state index is 12.4. The Morgan fingerprint density at radius 1 is 1.13 bits per heavy atom. The molecule has 0 unspecified atom stereocenters. The molecule has 3 aromatic rings. The van der Waals surface area contributed by atoms with Crippen molar-refractivity contribution in [1.82, 2.24) is 15.0 Å². The first-order chi connectivity index (χ1) is 14.4. The van der Waals surface area contributed by atoms with Crippen molar-refractivity contribution in [1.29, 1.82) is 0 Å². The molecule has 0 aliphatic carbocycles. The summed E-state index contributed by atoms with van der Waals surface area (Å²) >= 11 is 6.01. The van der Waals surface area contributed by atoms with Crippen molar-refractivity contribution in [2.24, 2.45) is 5.10 Å². The number of aromatic hydroxyl groups is 1. The molecule has 0 aliphatic heterocycles. The second-order valence-electron chi connectivity index (χ2n) is 6.36. The second-order valence-corrected chi connectivity index (χ2v) is 6.77. The maximum absolute atomic E-state index is 12.4. The van der Waals surface area contributed by atoms with Crippen LogP contribution in [-0.4, -0.2) is 26.3 Å². The van der Waals surface area contributed by atoms with E-state index in [2.05, 4.69) is 15.5 Å². The minimum atomic E-state index is -0.797. The lowest BCUT2D eigenvalue weighted by Gasteiger charge is -2.12. The molecule has 2 aromatic carbocycles. The highest BCUT2D eigenvalue weighted by Gasteiger charge is 2.19. The van der Waals surface area contributed by atoms with Crippen molar-refractivity contribution >= 4 is 23.2 Å². The summed E-state index contributed by atoms with van der Waals surface area (Å²) in [7, 11) is 0. The van der Waals surface area contributed by atoms with Crippen molar-refractivity contribution in [3.8, 4) is 5.88 Å². The van der Waals surface area contributed by atoms with E-state index in [1.54, 1.807) is 49.4 Å². The lowest BCUT2D eigenvalue weighted by atomic mass is 10.1. The first-order valence-corrected chi connectivity index (χ1v) is 9.52. The Kier molecular flexibility index (Phi) is 6.48. The van der Waals surface area contributed by atoms with E-state index in [9.17, 15) is 19.5 Å². The zero-order valence-electron chi connectivity index (χ0n) is 16.1. The molecule has 0 radical (unpaired) electrons. The molecule has 0 spiro atoms. The van der Waals surface area contributed by atoms with Crippen LogP contribution in [0.4, 0.5) is 0 Å². The molecule has 30 heavy (non-hydrogen) atoms. The SMILES string of the molecule is CC/C(=N\NC(=O)c1ccccc1Cl)c1c(O)n(Cc2ccccc2)c(=O)[nH]c1=O. The summed E-state index contributed by atoms with van der Waals surface area (Å²) in [5.74, 6) is -1.10. The minimum Gasteiger partial charge on any atom is -0.494 e. The fourth-order valence-electron chi connectivity index (χ4n) is 2.87. The Labute approximate surface area is 176 Å². The lowest BCUT2D eigenvalue weighted by Crippen LogP contribution is -2.34. The monoisotopic (exact) mass is 426 g/mol. The Hall–Kier alpha value is -3.65. The summed E-state index contributed by atoms with van der Waals surface area (Å²) in [6.07, 6.45) is 0.211. The number of hydrogen-bond acceptors (Lipinski definition) is 5. The van der Waals surface area contributed by atoms with Crippen LogP contribution in [-0.2, 0) is 6.54 Å². The van der Waals surface area contributed by atoms with E-state index in [-0.39, 0.29) is 34.8 Å². The van der Waals surface area contributed by atoms with Crippen LogP contribution in [0.2, 0.25) is 5.02 Å². The Balaban J connectivity index is 1.98. The number of carbonyl (C=O) groups excluding carboxylic acids is 1. The standard InChI is InChI=1S/C21H19ClN4O4/c1-2-16(24-25-18(27)14-10-6-7-11-15(14)22)17-19(28)23-21(30)26(20(17)29)12-13-8-4-3-5-9-13/h3-11,29H,2,12H2,1H3,(H,25,27)(H,23,28,30)/b24-16+. The van der Waals surface area contributed by atoms with Gasteiger partial charge in [0.1, 0.15) is 5.56 Å². The third-order valence-electron chi connectivity index (χ3n) is 4.39. The fourth-order valence-corrected chi connectivity index (χ4v) is 3.09. The first kappa shape index (κ1) is 21.1. The third-order valence-corrected chi connectivity index (χ3v) is 4.72. The summed E-state index contributed by atoms with van der Waals surface area (Å²) in [5.41, 5.74) is 1.69. The summed E-state index contributed by atoms with van der Waals surface area (Å²) in [6.45, 7) is 1.75. The highest BCUT2D eigenvalue weighted by molar-refractivity contribution is 6.33. The number of aromatic nitrogens is 2. The van der Waals surface area contributed by atoms with Crippen LogP contribution in [0.1, 0.15) is 34.8 Å². The number of nitrogens with zero attached hydrogens (tertiary/aromatic N) is 2. The van der Waals surface area contributed by atoms with Crippen LogP contribution in [0.3, 0.4) is 0 Å². The number of amides is 1. The molecule has 0 saturated heterocycles. The molecular weight excluding hydrogens is 408 g/mol. The van der Waals surface area contributed by atoms with Gasteiger partial charge in [0.15, 0.2) is 0 Å². The Morgan fingerprint density at radius 2 is 1.80 bits per heavy atom. The highest BCUT2D eigenvalue weighted by Crippen LogP contribution is 2.16. The molecule has 0 atom stereocenters. The summed E-state index contributed by atoms with van der Waals surface area (Å²) < 4.78 is 1.03. The van der Waals surface area contributed by atoms with Gasteiger partial charge in [0.25, 0.3) is 11.5 Å². The summed E-state index contributed by atoms with van der Waals surface area (Å²) in [5, 5.41) is 14.9. The molecule has 1 aromatic heterocycles. The van der Waals surface area contributed by atoms with Crippen molar-refractivity contribution in [3.05, 3.63) is 97.1 Å².